The van der Waals surface area contributed by atoms with Crippen LogP contribution in [0.15, 0.2) is 18.5 Å². The molecule has 0 radical (unpaired) electrons. The lowest BCUT2D eigenvalue weighted by molar-refractivity contribution is -0.192. The minimum Gasteiger partial charge on any atom is -0.475 e. The number of alkyl halides is 3. The van der Waals surface area contributed by atoms with Gasteiger partial charge >= 0.3 is 18.1 Å². The molecule has 0 unspecified atom stereocenters. The fraction of sp³-hybridized carbons (Fsp3) is 0.700. The molecule has 2 saturated heterocycles. The minimum atomic E-state index is -5.08. The number of carboxylic acid groups (broad SMARTS) is 1. The summed E-state index contributed by atoms with van der Waals surface area (Å²) in [5.74, 6) is -2.53. The van der Waals surface area contributed by atoms with Crippen LogP contribution in [0.3, 0.4) is 0 Å². The van der Waals surface area contributed by atoms with Gasteiger partial charge in [0.05, 0.1) is 17.3 Å². The normalized spacial score (nSPS) is 25.5. The molecule has 2 atom stereocenters. The molecule has 4 rings (SSSR count). The topological polar surface area (TPSA) is 130 Å². The Balaban J connectivity index is 0.000000406. The van der Waals surface area contributed by atoms with Crippen molar-refractivity contribution in [3.63, 3.8) is 0 Å². The summed E-state index contributed by atoms with van der Waals surface area (Å²) in [5.41, 5.74) is -0.705. The van der Waals surface area contributed by atoms with Crippen molar-refractivity contribution in [2.24, 2.45) is 11.3 Å². The number of sulfonamides is 1. The molecule has 0 spiro atoms. The van der Waals surface area contributed by atoms with E-state index in [1.165, 1.54) is 0 Å². The van der Waals surface area contributed by atoms with Gasteiger partial charge in [-0.25, -0.2) is 27.5 Å². The average Bonchev–Trinajstić information content (AvgIpc) is 3.59. The molecular formula is C20H27F3N4O6S. The predicted octanol–water partition coefficient (Wildman–Crippen LogP) is 1.68. The van der Waals surface area contributed by atoms with Crippen LogP contribution in [-0.2, 0) is 24.3 Å². The zero-order chi connectivity index (χ0) is 25.1. The second kappa shape index (κ2) is 10.0. The summed E-state index contributed by atoms with van der Waals surface area (Å²) in [6.45, 7) is 3.99. The van der Waals surface area contributed by atoms with Crippen molar-refractivity contribution < 1.29 is 41.0 Å². The number of rotatable bonds is 5. The van der Waals surface area contributed by atoms with Gasteiger partial charge in [-0.05, 0) is 38.7 Å². The minimum absolute atomic E-state index is 0.128. The van der Waals surface area contributed by atoms with E-state index in [0.29, 0.717) is 51.6 Å². The van der Waals surface area contributed by atoms with Crippen molar-refractivity contribution in [2.75, 3.05) is 37.7 Å². The van der Waals surface area contributed by atoms with Crippen LogP contribution in [0.5, 0.6) is 0 Å². The first-order valence-corrected chi connectivity index (χ1v) is 12.4. The third-order valence-corrected chi connectivity index (χ3v) is 8.58. The molecule has 14 heteroatoms. The van der Waals surface area contributed by atoms with Crippen molar-refractivity contribution in [1.82, 2.24) is 14.3 Å². The molecule has 34 heavy (non-hydrogen) atoms. The van der Waals surface area contributed by atoms with Gasteiger partial charge in [0.1, 0.15) is 0 Å². The first-order valence-electron chi connectivity index (χ1n) is 10.9. The number of anilines is 1. The standard InChI is InChI=1S/C18H26N4O4S.C2HF3O2/c1-2-26-16(23)18-7-3-10-22(27(24,25)15-5-6-15)12-14(18)11-21(13-18)17-19-8-4-9-20-17;3-2(4,5)1(6)7/h4,8-9,14-15H,2-3,5-7,10-13H2,1H3;(H,6,7)/t14-,18+;/m1./s1. The van der Waals surface area contributed by atoms with Crippen molar-refractivity contribution in [3.05, 3.63) is 18.5 Å². The highest BCUT2D eigenvalue weighted by atomic mass is 32.2. The molecule has 1 aliphatic carbocycles. The summed E-state index contributed by atoms with van der Waals surface area (Å²) in [6, 6.07) is 1.75. The lowest BCUT2D eigenvalue weighted by Crippen LogP contribution is -2.44. The Morgan fingerprint density at radius 1 is 1.24 bits per heavy atom. The average molecular weight is 509 g/mol. The quantitative estimate of drug-likeness (QED) is 0.591. The number of ether oxygens (including phenoxy) is 1. The van der Waals surface area contributed by atoms with Gasteiger partial charge in [-0.15, -0.1) is 0 Å². The van der Waals surface area contributed by atoms with Gasteiger partial charge in [0.2, 0.25) is 16.0 Å². The highest BCUT2D eigenvalue weighted by Crippen LogP contribution is 2.45. The molecule has 10 nitrogen and oxygen atoms in total. The lowest BCUT2D eigenvalue weighted by atomic mass is 9.75. The SMILES string of the molecule is CCOC(=O)[C@]12CCCN(S(=O)(=O)C3CC3)C[C@H]1CN(c1ncccn1)C2.O=C(O)C(F)(F)F. The van der Waals surface area contributed by atoms with Gasteiger partial charge in [-0.1, -0.05) is 0 Å². The zero-order valence-corrected chi connectivity index (χ0v) is 19.4. The van der Waals surface area contributed by atoms with Crippen LogP contribution < -0.4 is 4.90 Å². The Morgan fingerprint density at radius 3 is 2.38 bits per heavy atom. The molecule has 3 fully saturated rings. The predicted molar refractivity (Wildman–Crippen MR) is 113 cm³/mol. The summed E-state index contributed by atoms with van der Waals surface area (Å²) >= 11 is 0. The fourth-order valence-corrected chi connectivity index (χ4v) is 6.35. The summed E-state index contributed by atoms with van der Waals surface area (Å²) in [7, 11) is -3.27. The maximum atomic E-state index is 13.0. The number of hydrogen-bond donors (Lipinski definition) is 1. The molecule has 3 heterocycles. The number of esters is 1. The molecule has 1 saturated carbocycles. The lowest BCUT2D eigenvalue weighted by Gasteiger charge is -2.31. The number of nitrogens with zero attached hydrogens (tertiary/aromatic N) is 4. The molecule has 0 amide bonds. The third kappa shape index (κ3) is 5.59. The van der Waals surface area contributed by atoms with Crippen LogP contribution in [0.2, 0.25) is 0 Å². The van der Waals surface area contributed by atoms with Crippen molar-refractivity contribution in [3.8, 4) is 0 Å². The molecule has 0 bridgehead atoms. The van der Waals surface area contributed by atoms with Crippen molar-refractivity contribution >= 4 is 27.9 Å². The maximum absolute atomic E-state index is 13.0. The molecule has 1 N–H and O–H groups in total. The number of carboxylic acids is 1. The monoisotopic (exact) mass is 508 g/mol. The highest BCUT2D eigenvalue weighted by molar-refractivity contribution is 7.90. The Labute approximate surface area is 195 Å². The van der Waals surface area contributed by atoms with E-state index in [4.69, 9.17) is 14.6 Å². The largest absolute Gasteiger partial charge is 0.490 e. The number of carbonyl (C=O) groups excluding carboxylic acids is 1. The number of fused-ring (bicyclic) bond motifs is 1. The second-order valence-electron chi connectivity index (χ2n) is 8.51. The molecule has 190 valence electrons. The summed E-state index contributed by atoms with van der Waals surface area (Å²) in [6.07, 6.45) is 1.04. The van der Waals surface area contributed by atoms with Gasteiger partial charge in [-0.2, -0.15) is 13.2 Å². The Bertz CT molecular complexity index is 990. The number of halogens is 3. The van der Waals surface area contributed by atoms with Crippen molar-refractivity contribution in [1.29, 1.82) is 0 Å². The fourth-order valence-electron chi connectivity index (χ4n) is 4.42. The zero-order valence-electron chi connectivity index (χ0n) is 18.6. The van der Waals surface area contributed by atoms with E-state index in [9.17, 15) is 26.4 Å². The summed E-state index contributed by atoms with van der Waals surface area (Å²) < 4.78 is 64.4. The van der Waals surface area contributed by atoms with E-state index in [-0.39, 0.29) is 17.1 Å². The van der Waals surface area contributed by atoms with Gasteiger partial charge in [0, 0.05) is 44.5 Å². The van der Waals surface area contributed by atoms with Crippen LogP contribution in [0.25, 0.3) is 0 Å². The molecule has 2 aliphatic heterocycles. The summed E-state index contributed by atoms with van der Waals surface area (Å²) in [4.78, 5) is 32.5. The van der Waals surface area contributed by atoms with Gasteiger partial charge in [0.25, 0.3) is 0 Å². The first kappa shape index (κ1) is 26.1. The second-order valence-corrected chi connectivity index (χ2v) is 10.7. The highest BCUT2D eigenvalue weighted by Gasteiger charge is 2.56. The van der Waals surface area contributed by atoms with E-state index in [1.54, 1.807) is 29.7 Å². The smallest absolute Gasteiger partial charge is 0.475 e. The van der Waals surface area contributed by atoms with Gasteiger partial charge < -0.3 is 14.7 Å². The van der Waals surface area contributed by atoms with E-state index in [0.717, 1.165) is 12.8 Å². The van der Waals surface area contributed by atoms with Gasteiger partial charge in [-0.3, -0.25) is 4.79 Å². The van der Waals surface area contributed by atoms with E-state index in [2.05, 4.69) is 9.97 Å². The van der Waals surface area contributed by atoms with Gasteiger partial charge in [0.15, 0.2) is 0 Å². The molecule has 0 aromatic carbocycles. The Morgan fingerprint density at radius 2 is 1.85 bits per heavy atom. The first-order chi connectivity index (χ1) is 15.9. The maximum Gasteiger partial charge on any atom is 0.490 e. The molecule has 3 aliphatic rings. The van der Waals surface area contributed by atoms with Crippen LogP contribution in [0.1, 0.15) is 32.6 Å². The summed E-state index contributed by atoms with van der Waals surface area (Å²) in [5, 5.41) is 6.89. The van der Waals surface area contributed by atoms with Crippen LogP contribution in [0, 0.1) is 11.3 Å². The number of hydrogen-bond acceptors (Lipinski definition) is 8. The van der Waals surface area contributed by atoms with Crippen LogP contribution in [-0.4, -0.2) is 83.9 Å². The van der Waals surface area contributed by atoms with E-state index in [1.807, 2.05) is 4.90 Å². The van der Waals surface area contributed by atoms with E-state index >= 15 is 0 Å². The molecule has 1 aromatic rings. The number of carbonyl (C=O) groups is 2. The number of aromatic nitrogens is 2. The van der Waals surface area contributed by atoms with E-state index < -0.39 is 27.6 Å². The van der Waals surface area contributed by atoms with Crippen molar-refractivity contribution in [2.45, 2.75) is 44.0 Å². The Hall–Kier alpha value is -2.48. The van der Waals surface area contributed by atoms with Crippen LogP contribution >= 0.6 is 0 Å². The Kier molecular flexibility index (Phi) is 7.70. The van der Waals surface area contributed by atoms with Crippen LogP contribution in [0.4, 0.5) is 19.1 Å². The molecule has 1 aromatic heterocycles. The molecular weight excluding hydrogens is 481 g/mol. The third-order valence-electron chi connectivity index (χ3n) is 6.21. The number of aliphatic carboxylic acids is 1.